The van der Waals surface area contributed by atoms with Crippen LogP contribution in [0.2, 0.25) is 5.02 Å². The minimum absolute atomic E-state index is 0.0697. The number of rotatable bonds is 9. The minimum Gasteiger partial charge on any atom is -0.465 e. The molecule has 3 unspecified atom stereocenters. The molecule has 0 aliphatic carbocycles. The molecular weight excluding hydrogens is 754 g/mol. The zero-order chi connectivity index (χ0) is 36.4. The lowest BCUT2D eigenvalue weighted by Gasteiger charge is -2.37. The van der Waals surface area contributed by atoms with Crippen LogP contribution in [0, 0.1) is 23.0 Å². The number of nitrogens with one attached hydrogen (secondary N) is 2. The Morgan fingerprint density at radius 1 is 1.08 bits per heavy atom. The van der Waals surface area contributed by atoms with Crippen LogP contribution in [0.3, 0.4) is 0 Å². The van der Waals surface area contributed by atoms with E-state index < -0.39 is 18.0 Å². The molecule has 1 fully saturated rings. The number of benzene rings is 4. The van der Waals surface area contributed by atoms with Gasteiger partial charge < -0.3 is 20.6 Å². The van der Waals surface area contributed by atoms with Crippen LogP contribution in [0.4, 0.5) is 30.6 Å². The van der Waals surface area contributed by atoms with Crippen molar-refractivity contribution in [3.05, 3.63) is 141 Å². The van der Waals surface area contributed by atoms with Gasteiger partial charge in [0.1, 0.15) is 23.4 Å². The zero-order valence-corrected chi connectivity index (χ0v) is 29.7. The smallest absolute Gasteiger partial charge is 0.407 e. The van der Waals surface area contributed by atoms with E-state index in [0.717, 1.165) is 11.1 Å². The average Bonchev–Trinajstić information content (AvgIpc) is 3.63. The molecule has 0 radical (unpaired) electrons. The van der Waals surface area contributed by atoms with Crippen molar-refractivity contribution in [1.29, 1.82) is 5.26 Å². The van der Waals surface area contributed by atoms with Gasteiger partial charge in [0.05, 0.1) is 40.1 Å². The van der Waals surface area contributed by atoms with Crippen molar-refractivity contribution >= 4 is 61.6 Å². The number of likely N-dealkylation sites (tertiary alicyclic amines) is 1. The summed E-state index contributed by atoms with van der Waals surface area (Å²) in [7, 11) is 0. The molecule has 4 aromatic carbocycles. The third-order valence-corrected chi connectivity index (χ3v) is 10.1. The summed E-state index contributed by atoms with van der Waals surface area (Å²) in [6.07, 6.45) is 4.06. The van der Waals surface area contributed by atoms with Crippen molar-refractivity contribution in [2.75, 3.05) is 17.2 Å². The highest BCUT2D eigenvalue weighted by Crippen LogP contribution is 2.38. The fourth-order valence-electron chi connectivity index (χ4n) is 6.63. The molecule has 1 saturated heterocycles. The molecule has 1 aliphatic rings. The molecule has 6 aromatic rings. The van der Waals surface area contributed by atoms with Gasteiger partial charge in [-0.25, -0.2) is 18.3 Å². The van der Waals surface area contributed by atoms with Gasteiger partial charge in [0.25, 0.3) is 0 Å². The van der Waals surface area contributed by atoms with E-state index in [-0.39, 0.29) is 28.5 Å². The molecule has 14 heteroatoms. The lowest BCUT2D eigenvalue weighted by atomic mass is 9.92. The standard InChI is InChI=1S/C38H30BrClF2N8O2/c39-31-16-27(15-30-35(24(19-43)20-44-37(30)31)45-26-10-11-33(42)32(40)17-26)46-36(23-6-8-25(41)9-7-23)34-21-50(48-47-34)28-12-13-49(38(51)52)29(18-28)14-22-4-2-1-3-5-22/h1-11,15-17,20-21,28-29,36,46H,12-14,18H2,(H,44,45)(H,51,52). The zero-order valence-electron chi connectivity index (χ0n) is 27.3. The molecule has 3 atom stereocenters. The second-order valence-electron chi connectivity index (χ2n) is 12.5. The maximum atomic E-state index is 14.1. The Bertz CT molecular complexity index is 2300. The number of piperidine rings is 1. The number of hydrogen-bond donors (Lipinski definition) is 3. The van der Waals surface area contributed by atoms with Crippen LogP contribution in [0.25, 0.3) is 10.9 Å². The summed E-state index contributed by atoms with van der Waals surface area (Å²) >= 11 is 9.68. The summed E-state index contributed by atoms with van der Waals surface area (Å²) in [6, 6.07) is 25.0. The normalized spacial score (nSPS) is 16.3. The summed E-state index contributed by atoms with van der Waals surface area (Å²) in [4.78, 5) is 18.1. The third-order valence-electron chi connectivity index (χ3n) is 9.19. The van der Waals surface area contributed by atoms with Gasteiger partial charge in [-0.3, -0.25) is 4.98 Å². The molecule has 3 heterocycles. The number of amides is 1. The molecule has 10 nitrogen and oxygen atoms in total. The Balaban J connectivity index is 1.22. The van der Waals surface area contributed by atoms with E-state index in [1.807, 2.05) is 48.7 Å². The molecule has 0 spiro atoms. The Kier molecular flexibility index (Phi) is 10.0. The van der Waals surface area contributed by atoms with E-state index >= 15 is 0 Å². The number of aromatic nitrogens is 4. The molecule has 0 bridgehead atoms. The van der Waals surface area contributed by atoms with E-state index in [4.69, 9.17) is 11.6 Å². The lowest BCUT2D eigenvalue weighted by Crippen LogP contribution is -2.47. The van der Waals surface area contributed by atoms with Crippen LogP contribution in [0.1, 0.15) is 47.3 Å². The van der Waals surface area contributed by atoms with Crippen LogP contribution < -0.4 is 10.6 Å². The monoisotopic (exact) mass is 782 g/mol. The molecule has 2 aromatic heterocycles. The van der Waals surface area contributed by atoms with Crippen molar-refractivity contribution in [1.82, 2.24) is 24.9 Å². The number of carbonyl (C=O) groups is 1. The summed E-state index contributed by atoms with van der Waals surface area (Å²) < 4.78 is 30.5. The van der Waals surface area contributed by atoms with Gasteiger partial charge in [-0.1, -0.05) is 59.3 Å². The quantitative estimate of drug-likeness (QED) is 0.132. The maximum absolute atomic E-state index is 14.1. The van der Waals surface area contributed by atoms with E-state index in [1.165, 1.54) is 41.4 Å². The Hall–Kier alpha value is -5.58. The summed E-state index contributed by atoms with van der Waals surface area (Å²) in [5, 5.41) is 36.2. The molecule has 3 N–H and O–H groups in total. The van der Waals surface area contributed by atoms with Gasteiger partial charge >= 0.3 is 6.09 Å². The molecule has 7 rings (SSSR count). The topological polar surface area (TPSA) is 132 Å². The number of anilines is 3. The van der Waals surface area contributed by atoms with E-state index in [1.54, 1.807) is 16.8 Å². The number of pyridine rings is 1. The van der Waals surface area contributed by atoms with Crippen LogP contribution in [-0.2, 0) is 6.42 Å². The molecular formula is C38H30BrClF2N8O2. The van der Waals surface area contributed by atoms with Gasteiger partial charge in [-0.15, -0.1) is 5.10 Å². The van der Waals surface area contributed by atoms with Gasteiger partial charge in [0.2, 0.25) is 0 Å². The second-order valence-corrected chi connectivity index (χ2v) is 13.8. The number of nitrogens with zero attached hydrogens (tertiary/aromatic N) is 6. The maximum Gasteiger partial charge on any atom is 0.407 e. The SMILES string of the molecule is N#Cc1cnc2c(Br)cc(NC(c3ccc(F)cc3)c3cn(C4CCN(C(=O)O)C(Cc5ccccc5)C4)nn3)cc2c1Nc1ccc(F)c(Cl)c1. The van der Waals surface area contributed by atoms with Gasteiger partial charge in [-0.2, -0.15) is 5.26 Å². The number of hydrogen-bond acceptors (Lipinski definition) is 7. The van der Waals surface area contributed by atoms with Gasteiger partial charge in [0.15, 0.2) is 0 Å². The summed E-state index contributed by atoms with van der Waals surface area (Å²) in [5.74, 6) is -0.955. The number of fused-ring (bicyclic) bond motifs is 1. The number of carboxylic acid groups (broad SMARTS) is 1. The predicted molar refractivity (Wildman–Crippen MR) is 198 cm³/mol. The van der Waals surface area contributed by atoms with Crippen LogP contribution >= 0.6 is 27.5 Å². The first-order valence-corrected chi connectivity index (χ1v) is 17.6. The first kappa shape index (κ1) is 34.9. The number of nitriles is 1. The molecule has 52 heavy (non-hydrogen) atoms. The summed E-state index contributed by atoms with van der Waals surface area (Å²) in [5.41, 5.74) is 4.71. The Labute approximate surface area is 310 Å². The Morgan fingerprint density at radius 2 is 1.87 bits per heavy atom. The van der Waals surface area contributed by atoms with Crippen LogP contribution in [0.15, 0.2) is 102 Å². The largest absolute Gasteiger partial charge is 0.465 e. The Morgan fingerprint density at radius 3 is 2.60 bits per heavy atom. The van der Waals surface area contributed by atoms with Gasteiger partial charge in [-0.05, 0) is 88.8 Å². The summed E-state index contributed by atoms with van der Waals surface area (Å²) in [6.45, 7) is 0.358. The van der Waals surface area contributed by atoms with E-state index in [2.05, 4.69) is 47.9 Å². The van der Waals surface area contributed by atoms with E-state index in [9.17, 15) is 23.9 Å². The van der Waals surface area contributed by atoms with Gasteiger partial charge in [0, 0.05) is 40.0 Å². The highest BCUT2D eigenvalue weighted by atomic mass is 79.9. The lowest BCUT2D eigenvalue weighted by molar-refractivity contribution is 0.0887. The molecule has 262 valence electrons. The minimum atomic E-state index is -0.947. The number of halogens is 4. The van der Waals surface area contributed by atoms with Crippen LogP contribution in [-0.4, -0.2) is 48.7 Å². The predicted octanol–water partition coefficient (Wildman–Crippen LogP) is 9.26. The van der Waals surface area contributed by atoms with E-state index in [0.29, 0.717) is 63.9 Å². The van der Waals surface area contributed by atoms with Crippen molar-refractivity contribution in [2.45, 2.75) is 37.4 Å². The van der Waals surface area contributed by atoms with Crippen molar-refractivity contribution in [3.8, 4) is 6.07 Å². The van der Waals surface area contributed by atoms with Crippen LogP contribution in [0.5, 0.6) is 0 Å². The van der Waals surface area contributed by atoms with Crippen molar-refractivity contribution in [2.24, 2.45) is 0 Å². The fourth-order valence-corrected chi connectivity index (χ4v) is 7.38. The third kappa shape index (κ3) is 7.39. The highest BCUT2D eigenvalue weighted by Gasteiger charge is 2.33. The molecule has 1 aliphatic heterocycles. The van der Waals surface area contributed by atoms with Crippen molar-refractivity contribution in [3.63, 3.8) is 0 Å². The first-order valence-electron chi connectivity index (χ1n) is 16.4. The van der Waals surface area contributed by atoms with Crippen molar-refractivity contribution < 1.29 is 18.7 Å². The average molecular weight is 784 g/mol. The second kappa shape index (κ2) is 15.0. The molecule has 0 saturated carbocycles. The fraction of sp³-hybridized carbons (Fsp3) is 0.184. The molecule has 1 amide bonds. The highest BCUT2D eigenvalue weighted by molar-refractivity contribution is 9.10. The first-order chi connectivity index (χ1) is 25.2.